The molecule has 2 heterocycles. The van der Waals surface area contributed by atoms with Gasteiger partial charge in [-0.25, -0.2) is 9.37 Å². The molecule has 0 bridgehead atoms. The molecule has 0 spiro atoms. The highest BCUT2D eigenvalue weighted by Gasteiger charge is 2.31. The van der Waals surface area contributed by atoms with Crippen molar-refractivity contribution in [1.29, 1.82) is 0 Å². The number of benzene rings is 2. The summed E-state index contributed by atoms with van der Waals surface area (Å²) in [6.45, 7) is 3.91. The molecule has 5 nitrogen and oxygen atoms in total. The molecule has 2 aromatic carbocycles. The van der Waals surface area contributed by atoms with Crippen molar-refractivity contribution in [1.82, 2.24) is 14.9 Å². The van der Waals surface area contributed by atoms with Gasteiger partial charge in [-0.1, -0.05) is 23.8 Å². The molecule has 5 rings (SSSR count). The van der Waals surface area contributed by atoms with Gasteiger partial charge in [0.25, 0.3) is 5.91 Å². The zero-order valence-electron chi connectivity index (χ0n) is 16.3. The Kier molecular flexibility index (Phi) is 4.08. The van der Waals surface area contributed by atoms with Crippen LogP contribution in [-0.4, -0.2) is 27.2 Å². The van der Waals surface area contributed by atoms with Gasteiger partial charge < -0.3 is 5.32 Å². The van der Waals surface area contributed by atoms with Crippen LogP contribution < -0.4 is 5.32 Å². The number of imidazole rings is 1. The van der Waals surface area contributed by atoms with E-state index >= 15 is 0 Å². The van der Waals surface area contributed by atoms with Crippen molar-refractivity contribution in [2.75, 3.05) is 0 Å². The Balaban J connectivity index is 1.72. The maximum atomic E-state index is 14.7. The van der Waals surface area contributed by atoms with Crippen molar-refractivity contribution in [3.05, 3.63) is 82.7 Å². The third kappa shape index (κ3) is 3.05. The lowest BCUT2D eigenvalue weighted by atomic mass is 9.98. The Labute approximate surface area is 168 Å². The molecular formula is C23H21FN4O. The average Bonchev–Trinajstić information content (AvgIpc) is 3.42. The molecule has 1 N–H and O–H groups in total. The third-order valence-corrected chi connectivity index (χ3v) is 5.45. The molecule has 1 saturated carbocycles. The van der Waals surface area contributed by atoms with Crippen LogP contribution in [0, 0.1) is 12.7 Å². The molecule has 0 radical (unpaired) electrons. The van der Waals surface area contributed by atoms with Crippen molar-refractivity contribution in [3.8, 4) is 5.69 Å². The largest absolute Gasteiger partial charge is 0.348 e. The summed E-state index contributed by atoms with van der Waals surface area (Å²) in [4.78, 5) is 22.1. The Morgan fingerprint density at radius 3 is 2.72 bits per heavy atom. The second-order valence-corrected chi connectivity index (χ2v) is 7.75. The van der Waals surface area contributed by atoms with Gasteiger partial charge in [-0.2, -0.15) is 0 Å². The van der Waals surface area contributed by atoms with Crippen molar-refractivity contribution in [2.45, 2.75) is 38.8 Å². The highest BCUT2D eigenvalue weighted by molar-refractivity contribution is 6.15. The molecule has 2 aliphatic rings. The van der Waals surface area contributed by atoms with Crippen LogP contribution in [0.1, 0.15) is 58.7 Å². The number of nitrogens with one attached hydrogen (secondary N) is 1. The normalized spacial score (nSPS) is 17.8. The summed E-state index contributed by atoms with van der Waals surface area (Å²) in [5, 5.41) is 3.01. The highest BCUT2D eigenvalue weighted by atomic mass is 19.1. The number of hydrogen-bond donors (Lipinski definition) is 1. The number of carbonyl (C=O) groups is 1. The molecule has 1 aliphatic heterocycles. The van der Waals surface area contributed by atoms with Crippen LogP contribution in [0.15, 0.2) is 53.8 Å². The van der Waals surface area contributed by atoms with Gasteiger partial charge in [0.2, 0.25) is 0 Å². The molecule has 146 valence electrons. The number of aryl methyl sites for hydroxylation is 1. The number of halogens is 1. The quantitative estimate of drug-likeness (QED) is 0.734. The highest BCUT2D eigenvalue weighted by Crippen LogP contribution is 2.33. The van der Waals surface area contributed by atoms with Crippen molar-refractivity contribution in [2.24, 2.45) is 4.99 Å². The summed E-state index contributed by atoms with van der Waals surface area (Å²) in [6.07, 6.45) is 3.69. The van der Waals surface area contributed by atoms with E-state index in [4.69, 9.17) is 4.99 Å². The number of rotatable bonds is 3. The fraction of sp³-hybridized carbons (Fsp3) is 0.261. The lowest BCUT2D eigenvalue weighted by Crippen LogP contribution is -2.27. The number of amides is 1. The van der Waals surface area contributed by atoms with E-state index in [2.05, 4.69) is 10.3 Å². The van der Waals surface area contributed by atoms with Gasteiger partial charge in [-0.3, -0.25) is 14.4 Å². The van der Waals surface area contributed by atoms with Crippen molar-refractivity contribution in [3.63, 3.8) is 0 Å². The van der Waals surface area contributed by atoms with E-state index < -0.39 is 0 Å². The fourth-order valence-corrected chi connectivity index (χ4v) is 3.85. The average molecular weight is 388 g/mol. The zero-order chi connectivity index (χ0) is 20.1. The van der Waals surface area contributed by atoms with Gasteiger partial charge in [0.15, 0.2) is 5.69 Å². The minimum atomic E-state index is -0.361. The number of aliphatic imine (C=N–C) groups is 1. The van der Waals surface area contributed by atoms with E-state index in [0.29, 0.717) is 17.0 Å². The van der Waals surface area contributed by atoms with Crippen molar-refractivity contribution >= 4 is 11.6 Å². The van der Waals surface area contributed by atoms with E-state index in [9.17, 15) is 9.18 Å². The first-order chi connectivity index (χ1) is 14.0. The number of carbonyl (C=O) groups excluding carboxylic acids is 1. The summed E-state index contributed by atoms with van der Waals surface area (Å²) >= 11 is 0. The van der Waals surface area contributed by atoms with Crippen LogP contribution >= 0.6 is 0 Å². The van der Waals surface area contributed by atoms with Gasteiger partial charge in [0.1, 0.15) is 12.1 Å². The molecule has 3 aromatic rings. The predicted octanol–water partition coefficient (Wildman–Crippen LogP) is 4.12. The number of aromatic nitrogens is 2. The van der Waals surface area contributed by atoms with E-state index in [-0.39, 0.29) is 23.8 Å². The fourth-order valence-electron chi connectivity index (χ4n) is 3.85. The minimum absolute atomic E-state index is 0.175. The van der Waals surface area contributed by atoms with E-state index in [1.165, 1.54) is 6.07 Å². The summed E-state index contributed by atoms with van der Waals surface area (Å²) in [5.74, 6) is -0.492. The van der Waals surface area contributed by atoms with Crippen LogP contribution in [0.2, 0.25) is 0 Å². The van der Waals surface area contributed by atoms with Gasteiger partial charge in [-0.05, 0) is 51.0 Å². The third-order valence-electron chi connectivity index (χ3n) is 5.45. The Morgan fingerprint density at radius 2 is 1.97 bits per heavy atom. The zero-order valence-corrected chi connectivity index (χ0v) is 16.3. The predicted molar refractivity (Wildman–Crippen MR) is 109 cm³/mol. The topological polar surface area (TPSA) is 59.3 Å². The van der Waals surface area contributed by atoms with Gasteiger partial charge in [0.05, 0.1) is 23.1 Å². The summed E-state index contributed by atoms with van der Waals surface area (Å²) < 4.78 is 16.6. The Morgan fingerprint density at radius 1 is 1.17 bits per heavy atom. The van der Waals surface area contributed by atoms with Gasteiger partial charge in [-0.15, -0.1) is 0 Å². The number of fused-ring (bicyclic) bond motifs is 3. The number of hydrogen-bond acceptors (Lipinski definition) is 3. The van der Waals surface area contributed by atoms with Crippen LogP contribution in [-0.2, 0) is 0 Å². The lowest BCUT2D eigenvalue weighted by molar-refractivity contribution is 0.0945. The van der Waals surface area contributed by atoms with E-state index in [1.807, 2.05) is 42.7 Å². The van der Waals surface area contributed by atoms with Crippen LogP contribution in [0.3, 0.4) is 0 Å². The molecule has 0 unspecified atom stereocenters. The molecule has 29 heavy (non-hydrogen) atoms. The van der Waals surface area contributed by atoms with Gasteiger partial charge >= 0.3 is 0 Å². The summed E-state index contributed by atoms with van der Waals surface area (Å²) in [7, 11) is 0. The van der Waals surface area contributed by atoms with E-state index in [0.717, 1.165) is 35.3 Å². The number of nitrogens with zero attached hydrogens (tertiary/aromatic N) is 3. The molecule has 1 atom stereocenters. The van der Waals surface area contributed by atoms with Crippen LogP contribution in [0.5, 0.6) is 0 Å². The van der Waals surface area contributed by atoms with Crippen LogP contribution in [0.4, 0.5) is 4.39 Å². The maximum absolute atomic E-state index is 14.7. The first-order valence-corrected chi connectivity index (χ1v) is 9.85. The standard InChI is InChI=1S/C23H21FN4O/c1-13-7-10-19-17(11-13)20(16-5-3-4-6-18(16)24)26-14(2)22-21(25-12-28(19)22)23(29)27-15-8-9-15/h3-7,10-12,14-15H,8-9H2,1-2H3,(H,27,29)/t14-/m1/s1. The summed E-state index contributed by atoms with van der Waals surface area (Å²) in [5.41, 5.74) is 4.87. The molecule has 1 amide bonds. The minimum Gasteiger partial charge on any atom is -0.348 e. The molecule has 1 aliphatic carbocycles. The molecule has 1 aromatic heterocycles. The van der Waals surface area contributed by atoms with Crippen molar-refractivity contribution < 1.29 is 9.18 Å². The second-order valence-electron chi connectivity index (χ2n) is 7.75. The van der Waals surface area contributed by atoms with Gasteiger partial charge in [0, 0.05) is 17.2 Å². The SMILES string of the molecule is Cc1ccc2c(c1)C(c1ccccc1F)=N[C@H](C)c1c(C(=O)NC3CC3)ncn1-2. The van der Waals surface area contributed by atoms with Crippen LogP contribution in [0.25, 0.3) is 5.69 Å². The molecular weight excluding hydrogens is 367 g/mol. The summed E-state index contributed by atoms with van der Waals surface area (Å²) in [6, 6.07) is 12.5. The Bertz CT molecular complexity index is 1160. The monoisotopic (exact) mass is 388 g/mol. The first-order valence-electron chi connectivity index (χ1n) is 9.85. The first kappa shape index (κ1) is 17.8. The lowest BCUT2D eigenvalue weighted by Gasteiger charge is -2.13. The van der Waals surface area contributed by atoms with E-state index in [1.54, 1.807) is 18.5 Å². The smallest absolute Gasteiger partial charge is 0.272 e. The molecule has 1 fully saturated rings. The molecule has 6 heteroatoms. The Hall–Kier alpha value is -3.28. The second kappa shape index (κ2) is 6.65. The maximum Gasteiger partial charge on any atom is 0.272 e. The molecule has 0 saturated heterocycles.